The molecule has 1 aromatic carbocycles. The van der Waals surface area contributed by atoms with Gasteiger partial charge in [-0.1, -0.05) is 40.9 Å². The van der Waals surface area contributed by atoms with E-state index < -0.39 is 0 Å². The van der Waals surface area contributed by atoms with Crippen molar-refractivity contribution in [3.8, 4) is 0 Å². The smallest absolute Gasteiger partial charge is 0.0834 e. The van der Waals surface area contributed by atoms with Crippen molar-refractivity contribution in [2.24, 2.45) is 12.8 Å². The van der Waals surface area contributed by atoms with Crippen LogP contribution in [0.4, 0.5) is 0 Å². The molecule has 18 heavy (non-hydrogen) atoms. The van der Waals surface area contributed by atoms with Crippen LogP contribution in [0.2, 0.25) is 15.1 Å². The molecule has 6 heteroatoms. The fraction of sp³-hybridized carbons (Fsp3) is 0.250. The van der Waals surface area contributed by atoms with Crippen LogP contribution in [0.1, 0.15) is 17.3 Å². The lowest BCUT2D eigenvalue weighted by atomic mass is 10.0. The zero-order valence-corrected chi connectivity index (χ0v) is 12.0. The molecule has 0 aliphatic carbocycles. The van der Waals surface area contributed by atoms with Gasteiger partial charge in [0.15, 0.2) is 0 Å². The van der Waals surface area contributed by atoms with Crippen LogP contribution in [0.5, 0.6) is 0 Å². The van der Waals surface area contributed by atoms with Gasteiger partial charge in [0.2, 0.25) is 0 Å². The van der Waals surface area contributed by atoms with Gasteiger partial charge < -0.3 is 5.73 Å². The van der Waals surface area contributed by atoms with E-state index in [4.69, 9.17) is 40.5 Å². The summed E-state index contributed by atoms with van der Waals surface area (Å²) in [5.74, 6) is 0. The molecular formula is C12H12Cl3N3. The molecule has 0 aliphatic rings. The minimum atomic E-state index is -0.260. The van der Waals surface area contributed by atoms with E-state index in [1.54, 1.807) is 23.0 Å². The fourth-order valence-corrected chi connectivity index (χ4v) is 2.65. The summed E-state index contributed by atoms with van der Waals surface area (Å²) < 4.78 is 1.68. The summed E-state index contributed by atoms with van der Waals surface area (Å²) in [6.07, 6.45) is 2.16. The summed E-state index contributed by atoms with van der Waals surface area (Å²) >= 11 is 18.0. The molecule has 0 spiro atoms. The summed E-state index contributed by atoms with van der Waals surface area (Å²) in [5.41, 5.74) is 7.87. The third-order valence-electron chi connectivity index (χ3n) is 2.74. The maximum absolute atomic E-state index is 6.14. The van der Waals surface area contributed by atoms with Gasteiger partial charge >= 0.3 is 0 Å². The first kappa shape index (κ1) is 13.7. The topological polar surface area (TPSA) is 43.8 Å². The van der Waals surface area contributed by atoms with Gasteiger partial charge in [0.25, 0.3) is 0 Å². The first-order valence-electron chi connectivity index (χ1n) is 5.36. The van der Waals surface area contributed by atoms with Crippen molar-refractivity contribution in [3.05, 3.63) is 50.7 Å². The third kappa shape index (κ3) is 2.81. The van der Waals surface area contributed by atoms with E-state index in [1.165, 1.54) is 0 Å². The summed E-state index contributed by atoms with van der Waals surface area (Å²) in [5, 5.41) is 5.85. The zero-order valence-electron chi connectivity index (χ0n) is 9.70. The molecule has 0 amide bonds. The van der Waals surface area contributed by atoms with Crippen molar-refractivity contribution in [2.45, 2.75) is 12.5 Å². The molecule has 0 aliphatic heterocycles. The molecule has 2 rings (SSSR count). The van der Waals surface area contributed by atoms with Crippen LogP contribution in [0, 0.1) is 0 Å². The van der Waals surface area contributed by atoms with Gasteiger partial charge in [-0.2, -0.15) is 5.10 Å². The van der Waals surface area contributed by atoms with E-state index >= 15 is 0 Å². The molecule has 1 unspecified atom stereocenters. The molecule has 1 heterocycles. The Labute approximate surface area is 120 Å². The third-order valence-corrected chi connectivity index (χ3v) is 3.62. The highest BCUT2D eigenvalue weighted by molar-refractivity contribution is 6.35. The van der Waals surface area contributed by atoms with Crippen molar-refractivity contribution < 1.29 is 0 Å². The Kier molecular flexibility index (Phi) is 4.17. The van der Waals surface area contributed by atoms with Gasteiger partial charge in [-0.25, -0.2) is 0 Å². The molecular weight excluding hydrogens is 293 g/mol. The van der Waals surface area contributed by atoms with E-state index in [9.17, 15) is 0 Å². The second kappa shape index (κ2) is 5.49. The van der Waals surface area contributed by atoms with Crippen molar-refractivity contribution in [1.29, 1.82) is 0 Å². The van der Waals surface area contributed by atoms with E-state index in [1.807, 2.05) is 13.1 Å². The standard InChI is InChI=1S/C12H12Cl3N3/c1-18-12(10(15)6-17-18)11(16)4-7-2-3-8(13)5-9(7)14/h2-3,5-6,11H,4,16H2,1H3. The van der Waals surface area contributed by atoms with Crippen LogP contribution in [0.25, 0.3) is 0 Å². The Hall–Kier alpha value is -0.740. The maximum Gasteiger partial charge on any atom is 0.0834 e. The Morgan fingerprint density at radius 3 is 2.56 bits per heavy atom. The molecule has 0 saturated heterocycles. The second-order valence-corrected chi connectivity index (χ2v) is 5.30. The lowest BCUT2D eigenvalue weighted by molar-refractivity contribution is 0.617. The zero-order chi connectivity index (χ0) is 13.3. The van der Waals surface area contributed by atoms with E-state index in [0.717, 1.165) is 11.3 Å². The normalized spacial score (nSPS) is 12.7. The van der Waals surface area contributed by atoms with Crippen LogP contribution in [0.3, 0.4) is 0 Å². The molecule has 0 bridgehead atoms. The number of hydrogen-bond donors (Lipinski definition) is 1. The number of nitrogens with two attached hydrogens (primary N) is 1. The highest BCUT2D eigenvalue weighted by Crippen LogP contribution is 2.27. The molecule has 1 atom stereocenters. The summed E-state index contributed by atoms with van der Waals surface area (Å²) in [6, 6.07) is 5.11. The minimum Gasteiger partial charge on any atom is -0.322 e. The minimum absolute atomic E-state index is 0.260. The average molecular weight is 305 g/mol. The molecule has 2 N–H and O–H groups in total. The van der Waals surface area contributed by atoms with Gasteiger partial charge in [0, 0.05) is 17.1 Å². The number of benzene rings is 1. The lowest BCUT2D eigenvalue weighted by Crippen LogP contribution is -2.17. The number of hydrogen-bond acceptors (Lipinski definition) is 2. The van der Waals surface area contributed by atoms with E-state index in [0.29, 0.717) is 21.5 Å². The molecule has 96 valence electrons. The summed E-state index contributed by atoms with van der Waals surface area (Å²) in [7, 11) is 1.81. The monoisotopic (exact) mass is 303 g/mol. The van der Waals surface area contributed by atoms with Crippen LogP contribution < -0.4 is 5.73 Å². The number of aromatic nitrogens is 2. The average Bonchev–Trinajstić information content (AvgIpc) is 2.62. The van der Waals surface area contributed by atoms with Gasteiger partial charge in [-0.3, -0.25) is 4.68 Å². The first-order chi connectivity index (χ1) is 8.49. The number of halogens is 3. The van der Waals surface area contributed by atoms with Crippen molar-refractivity contribution >= 4 is 34.8 Å². The van der Waals surface area contributed by atoms with Crippen LogP contribution in [-0.4, -0.2) is 9.78 Å². The first-order valence-corrected chi connectivity index (χ1v) is 6.49. The Balaban J connectivity index is 2.24. The molecule has 0 radical (unpaired) electrons. The van der Waals surface area contributed by atoms with Crippen molar-refractivity contribution in [3.63, 3.8) is 0 Å². The van der Waals surface area contributed by atoms with E-state index in [-0.39, 0.29) is 6.04 Å². The fourth-order valence-electron chi connectivity index (χ4n) is 1.86. The molecule has 0 fully saturated rings. The molecule has 1 aromatic heterocycles. The Morgan fingerprint density at radius 2 is 2.00 bits per heavy atom. The highest BCUT2D eigenvalue weighted by atomic mass is 35.5. The van der Waals surface area contributed by atoms with Gasteiger partial charge in [0.1, 0.15) is 0 Å². The van der Waals surface area contributed by atoms with Crippen LogP contribution >= 0.6 is 34.8 Å². The van der Waals surface area contributed by atoms with Gasteiger partial charge in [-0.15, -0.1) is 0 Å². The molecule has 0 saturated carbocycles. The van der Waals surface area contributed by atoms with Crippen LogP contribution in [-0.2, 0) is 13.5 Å². The lowest BCUT2D eigenvalue weighted by Gasteiger charge is -2.14. The SMILES string of the molecule is Cn1ncc(Cl)c1C(N)Cc1ccc(Cl)cc1Cl. The molecule has 2 aromatic rings. The van der Waals surface area contributed by atoms with Gasteiger partial charge in [0.05, 0.1) is 23.0 Å². The second-order valence-electron chi connectivity index (χ2n) is 4.05. The molecule has 3 nitrogen and oxygen atoms in total. The quantitative estimate of drug-likeness (QED) is 0.941. The summed E-state index contributed by atoms with van der Waals surface area (Å²) in [4.78, 5) is 0. The Morgan fingerprint density at radius 1 is 1.28 bits per heavy atom. The largest absolute Gasteiger partial charge is 0.322 e. The predicted molar refractivity (Wildman–Crippen MR) is 75.3 cm³/mol. The van der Waals surface area contributed by atoms with Crippen molar-refractivity contribution in [1.82, 2.24) is 9.78 Å². The predicted octanol–water partition coefficient (Wildman–Crippen LogP) is 3.62. The number of nitrogens with zero attached hydrogens (tertiary/aromatic N) is 2. The highest BCUT2D eigenvalue weighted by Gasteiger charge is 2.16. The van der Waals surface area contributed by atoms with Gasteiger partial charge in [-0.05, 0) is 24.1 Å². The Bertz CT molecular complexity index is 546. The summed E-state index contributed by atoms with van der Waals surface area (Å²) in [6.45, 7) is 0. The maximum atomic E-state index is 6.14. The number of aryl methyl sites for hydroxylation is 1. The van der Waals surface area contributed by atoms with E-state index in [2.05, 4.69) is 5.10 Å². The van der Waals surface area contributed by atoms with Crippen LogP contribution in [0.15, 0.2) is 24.4 Å². The van der Waals surface area contributed by atoms with Crippen molar-refractivity contribution in [2.75, 3.05) is 0 Å². The number of rotatable bonds is 3.